The molecular formula is C15H16N2O3. The fraction of sp³-hybridized carbons (Fsp3) is 0.0667. The summed E-state index contributed by atoms with van der Waals surface area (Å²) in [6.07, 6.45) is 1.55. The number of nitrogens with zero attached hydrogens (tertiary/aromatic N) is 2. The molecule has 5 nitrogen and oxygen atoms in total. The van der Waals surface area contributed by atoms with Crippen molar-refractivity contribution < 1.29 is 15.1 Å². The van der Waals surface area contributed by atoms with E-state index >= 15 is 0 Å². The maximum atomic E-state index is 11.7. The Balaban J connectivity index is 0.000000612. The summed E-state index contributed by atoms with van der Waals surface area (Å²) in [4.78, 5) is 0. The van der Waals surface area contributed by atoms with Crippen LogP contribution in [0, 0.1) is 5.21 Å². The van der Waals surface area contributed by atoms with Crippen molar-refractivity contribution in [1.82, 2.24) is 0 Å². The number of hydroxylamine groups is 1. The van der Waals surface area contributed by atoms with Crippen LogP contribution in [-0.4, -0.2) is 28.0 Å². The average molecular weight is 272 g/mol. The Kier molecular flexibility index (Phi) is 6.33. The summed E-state index contributed by atoms with van der Waals surface area (Å²) in [5.41, 5.74) is 1.74. The number of rotatable bonds is 3. The first-order valence-corrected chi connectivity index (χ1v) is 5.87. The van der Waals surface area contributed by atoms with Crippen molar-refractivity contribution in [3.63, 3.8) is 0 Å². The molecule has 104 valence electrons. The van der Waals surface area contributed by atoms with Crippen LogP contribution >= 0.6 is 0 Å². The molecule has 0 bridgehead atoms. The molecule has 0 aliphatic heterocycles. The molecule has 0 heterocycles. The smallest absolute Gasteiger partial charge is 0.182 e. The molecule has 0 aliphatic carbocycles. The van der Waals surface area contributed by atoms with E-state index in [-0.39, 0.29) is 12.3 Å². The van der Waals surface area contributed by atoms with E-state index in [0.29, 0.717) is 0 Å². The Bertz CT molecular complexity index is 551. The van der Waals surface area contributed by atoms with Gasteiger partial charge in [-0.15, -0.1) is 5.16 Å². The Hall–Kier alpha value is -2.82. The highest BCUT2D eigenvalue weighted by Crippen LogP contribution is 2.10. The highest BCUT2D eigenvalue weighted by molar-refractivity contribution is 5.75. The Morgan fingerprint density at radius 3 is 2.20 bits per heavy atom. The molecule has 0 radical (unpaired) electrons. The van der Waals surface area contributed by atoms with Crippen molar-refractivity contribution in [2.45, 2.75) is 6.54 Å². The third kappa shape index (κ3) is 5.68. The number of phenolic OH excluding ortho intramolecular Hbond substituents is 1. The van der Waals surface area contributed by atoms with Gasteiger partial charge in [0.2, 0.25) is 0 Å². The second-order valence-electron chi connectivity index (χ2n) is 3.92. The van der Waals surface area contributed by atoms with Gasteiger partial charge >= 0.3 is 0 Å². The first-order chi connectivity index (χ1) is 9.65. The summed E-state index contributed by atoms with van der Waals surface area (Å²) in [6, 6.07) is 16.1. The molecule has 0 saturated carbocycles. The molecule has 20 heavy (non-hydrogen) atoms. The van der Waals surface area contributed by atoms with Gasteiger partial charge in [0.1, 0.15) is 5.75 Å². The van der Waals surface area contributed by atoms with Crippen molar-refractivity contribution in [2.75, 3.05) is 0 Å². The SMILES string of the molecule is C=NO.[O-]/[N+](=C/c1ccccc1)Cc1ccc(O)cc1. The van der Waals surface area contributed by atoms with E-state index in [4.69, 9.17) is 10.3 Å². The standard InChI is InChI=1S/C14H13NO2.CH3NO/c16-14-8-6-13(7-9-14)11-15(17)10-12-4-2-1-3-5-12;1-2-3/h1-10,16H,11H2;3H,1H2/b15-10+;. The minimum atomic E-state index is 0.207. The van der Waals surface area contributed by atoms with E-state index in [1.165, 1.54) is 0 Å². The summed E-state index contributed by atoms with van der Waals surface area (Å²) < 4.78 is 0.877. The third-order valence-corrected chi connectivity index (χ3v) is 2.37. The zero-order valence-corrected chi connectivity index (χ0v) is 10.9. The number of oxime groups is 1. The van der Waals surface area contributed by atoms with Gasteiger partial charge in [-0.3, -0.25) is 0 Å². The lowest BCUT2D eigenvalue weighted by molar-refractivity contribution is -0.469. The van der Waals surface area contributed by atoms with Crippen LogP contribution in [0.5, 0.6) is 5.75 Å². The average Bonchev–Trinajstić information content (AvgIpc) is 2.43. The van der Waals surface area contributed by atoms with E-state index in [1.54, 1.807) is 30.5 Å². The number of aromatic hydroxyl groups is 1. The first kappa shape index (κ1) is 15.2. The maximum absolute atomic E-state index is 11.7. The van der Waals surface area contributed by atoms with E-state index in [1.807, 2.05) is 30.3 Å². The predicted molar refractivity (Wildman–Crippen MR) is 78.4 cm³/mol. The molecule has 2 aromatic rings. The molecule has 0 amide bonds. The highest BCUT2D eigenvalue weighted by Gasteiger charge is 1.99. The Morgan fingerprint density at radius 2 is 1.65 bits per heavy atom. The van der Waals surface area contributed by atoms with Crippen molar-refractivity contribution in [3.8, 4) is 5.75 Å². The van der Waals surface area contributed by atoms with Gasteiger partial charge in [-0.25, -0.2) is 4.74 Å². The van der Waals surface area contributed by atoms with Crippen LogP contribution in [0.15, 0.2) is 59.8 Å². The minimum absolute atomic E-state index is 0.207. The van der Waals surface area contributed by atoms with Gasteiger partial charge in [0.25, 0.3) is 0 Å². The zero-order valence-electron chi connectivity index (χ0n) is 10.9. The van der Waals surface area contributed by atoms with Crippen LogP contribution in [0.2, 0.25) is 0 Å². The molecule has 2 N–H and O–H groups in total. The molecule has 2 aromatic carbocycles. The number of benzene rings is 2. The van der Waals surface area contributed by atoms with Crippen molar-refractivity contribution in [1.29, 1.82) is 0 Å². The Morgan fingerprint density at radius 1 is 1.10 bits per heavy atom. The molecule has 0 aliphatic rings. The summed E-state index contributed by atoms with van der Waals surface area (Å²) in [5.74, 6) is 0.207. The van der Waals surface area contributed by atoms with E-state index in [0.717, 1.165) is 15.9 Å². The molecule has 0 atom stereocenters. The van der Waals surface area contributed by atoms with Gasteiger partial charge < -0.3 is 15.5 Å². The predicted octanol–water partition coefficient (Wildman–Crippen LogP) is 2.60. The van der Waals surface area contributed by atoms with Crippen LogP contribution in [-0.2, 0) is 6.54 Å². The van der Waals surface area contributed by atoms with Gasteiger partial charge in [-0.2, -0.15) is 0 Å². The van der Waals surface area contributed by atoms with Gasteiger partial charge in [0, 0.05) is 17.8 Å². The topological polar surface area (TPSA) is 78.9 Å². The van der Waals surface area contributed by atoms with Gasteiger partial charge in [-0.05, 0) is 36.4 Å². The molecule has 0 unspecified atom stereocenters. The lowest BCUT2D eigenvalue weighted by atomic mass is 10.2. The number of phenols is 1. The molecule has 0 saturated heterocycles. The zero-order chi connectivity index (χ0) is 14.8. The van der Waals surface area contributed by atoms with E-state index in [9.17, 15) is 5.21 Å². The number of hydrogen-bond donors (Lipinski definition) is 2. The summed E-state index contributed by atoms with van der Waals surface area (Å²) in [6.45, 7) is 2.94. The number of hydrogen-bond acceptors (Lipinski definition) is 4. The summed E-state index contributed by atoms with van der Waals surface area (Å²) in [5, 5.41) is 30.1. The summed E-state index contributed by atoms with van der Waals surface area (Å²) in [7, 11) is 0. The largest absolute Gasteiger partial charge is 0.624 e. The lowest BCUT2D eigenvalue weighted by Gasteiger charge is -2.04. The minimum Gasteiger partial charge on any atom is -0.624 e. The van der Waals surface area contributed by atoms with Crippen molar-refractivity contribution >= 4 is 12.9 Å². The highest BCUT2D eigenvalue weighted by atomic mass is 16.5. The third-order valence-electron chi connectivity index (χ3n) is 2.37. The lowest BCUT2D eigenvalue weighted by Crippen LogP contribution is -2.05. The van der Waals surface area contributed by atoms with Crippen LogP contribution < -0.4 is 0 Å². The monoisotopic (exact) mass is 272 g/mol. The van der Waals surface area contributed by atoms with Crippen LogP contribution in [0.3, 0.4) is 0 Å². The molecule has 5 heteroatoms. The van der Waals surface area contributed by atoms with E-state index in [2.05, 4.69) is 11.9 Å². The van der Waals surface area contributed by atoms with Gasteiger partial charge in [0.05, 0.1) is 0 Å². The second-order valence-corrected chi connectivity index (χ2v) is 3.92. The van der Waals surface area contributed by atoms with Gasteiger partial charge in [0.15, 0.2) is 12.8 Å². The van der Waals surface area contributed by atoms with Crippen LogP contribution in [0.25, 0.3) is 0 Å². The van der Waals surface area contributed by atoms with Crippen molar-refractivity contribution in [2.24, 2.45) is 5.16 Å². The van der Waals surface area contributed by atoms with Gasteiger partial charge in [-0.1, -0.05) is 18.2 Å². The van der Waals surface area contributed by atoms with Crippen LogP contribution in [0.1, 0.15) is 11.1 Å². The second kappa shape index (κ2) is 8.31. The first-order valence-electron chi connectivity index (χ1n) is 5.87. The van der Waals surface area contributed by atoms with E-state index < -0.39 is 0 Å². The fourth-order valence-electron chi connectivity index (χ4n) is 1.53. The normalized spacial score (nSPS) is 10.3. The molecule has 0 aromatic heterocycles. The molecule has 2 rings (SSSR count). The fourth-order valence-corrected chi connectivity index (χ4v) is 1.53. The van der Waals surface area contributed by atoms with Crippen molar-refractivity contribution in [3.05, 3.63) is 70.9 Å². The molecule has 0 fully saturated rings. The molecule has 0 spiro atoms. The quantitative estimate of drug-likeness (QED) is 0.296. The van der Waals surface area contributed by atoms with Crippen LogP contribution in [0.4, 0.5) is 0 Å². The molecular weight excluding hydrogens is 256 g/mol. The maximum Gasteiger partial charge on any atom is 0.182 e. The Labute approximate surface area is 117 Å². The summed E-state index contributed by atoms with van der Waals surface area (Å²) >= 11 is 0.